The maximum atomic E-state index is 9.36. The average Bonchev–Trinajstić information content (AvgIpc) is 2.95. The summed E-state index contributed by atoms with van der Waals surface area (Å²) in [5.41, 5.74) is 2.03. The number of hydrogen-bond donors (Lipinski definition) is 2. The van der Waals surface area contributed by atoms with Crippen LogP contribution in [0.3, 0.4) is 0 Å². The summed E-state index contributed by atoms with van der Waals surface area (Å²) in [4.78, 5) is 4.58. The standard InChI is InChI=1S/C19H21NO2S/c1-4-15(11-14(2)21)12-20(3)13-18-9-10-19(23-18)16-5-7-17(22)8-6-16/h4-11,21-22H,1-2,12-13H2,3H3/b15-11+. The van der Waals surface area contributed by atoms with E-state index in [1.165, 1.54) is 9.75 Å². The summed E-state index contributed by atoms with van der Waals surface area (Å²) in [5, 5.41) is 18.6. The van der Waals surface area contributed by atoms with Gasteiger partial charge in [-0.1, -0.05) is 19.2 Å². The molecule has 0 radical (unpaired) electrons. The number of phenols is 1. The van der Waals surface area contributed by atoms with E-state index in [9.17, 15) is 10.2 Å². The third-order valence-electron chi connectivity index (χ3n) is 3.31. The highest BCUT2D eigenvalue weighted by atomic mass is 32.1. The van der Waals surface area contributed by atoms with E-state index in [1.807, 2.05) is 19.2 Å². The maximum Gasteiger partial charge on any atom is 0.115 e. The van der Waals surface area contributed by atoms with Crippen LogP contribution in [0, 0.1) is 0 Å². The monoisotopic (exact) mass is 327 g/mol. The number of nitrogens with zero attached hydrogens (tertiary/aromatic N) is 1. The maximum absolute atomic E-state index is 9.36. The summed E-state index contributed by atoms with van der Waals surface area (Å²) >= 11 is 1.73. The normalized spacial score (nSPS) is 11.7. The lowest BCUT2D eigenvalue weighted by Crippen LogP contribution is -2.19. The van der Waals surface area contributed by atoms with Crippen molar-refractivity contribution in [3.63, 3.8) is 0 Å². The molecule has 0 fully saturated rings. The highest BCUT2D eigenvalue weighted by Crippen LogP contribution is 2.29. The SMILES string of the molecule is C=C/C(=C\C(=C)O)CN(C)Cc1ccc(-c2ccc(O)cc2)s1. The van der Waals surface area contributed by atoms with E-state index in [0.29, 0.717) is 6.54 Å². The van der Waals surface area contributed by atoms with Gasteiger partial charge in [0.15, 0.2) is 0 Å². The lowest BCUT2D eigenvalue weighted by atomic mass is 10.2. The molecule has 2 N–H and O–H groups in total. The fourth-order valence-corrected chi connectivity index (χ4v) is 3.35. The number of aliphatic hydroxyl groups is 1. The van der Waals surface area contributed by atoms with Crippen molar-refractivity contribution >= 4 is 11.3 Å². The van der Waals surface area contributed by atoms with Crippen LogP contribution in [-0.2, 0) is 6.54 Å². The summed E-state index contributed by atoms with van der Waals surface area (Å²) in [6, 6.07) is 11.4. The van der Waals surface area contributed by atoms with Gasteiger partial charge in [-0.25, -0.2) is 0 Å². The molecule has 0 aliphatic carbocycles. The van der Waals surface area contributed by atoms with Gasteiger partial charge in [-0.15, -0.1) is 11.3 Å². The second-order valence-corrected chi connectivity index (χ2v) is 6.57. The number of phenolic OH excluding ortho intramolecular Hbond substituents is 1. The van der Waals surface area contributed by atoms with Crippen molar-refractivity contribution in [3.8, 4) is 16.2 Å². The van der Waals surface area contributed by atoms with Gasteiger partial charge in [-0.2, -0.15) is 0 Å². The molecule has 4 heteroatoms. The quantitative estimate of drug-likeness (QED) is 0.570. The van der Waals surface area contributed by atoms with Crippen LogP contribution >= 0.6 is 11.3 Å². The molecule has 0 aliphatic heterocycles. The van der Waals surface area contributed by atoms with Gasteiger partial charge in [0.05, 0.1) is 0 Å². The summed E-state index contributed by atoms with van der Waals surface area (Å²) in [7, 11) is 2.03. The van der Waals surface area contributed by atoms with Crippen molar-refractivity contribution in [3.05, 3.63) is 77.9 Å². The summed E-state index contributed by atoms with van der Waals surface area (Å²) in [5.74, 6) is 0.318. The largest absolute Gasteiger partial charge is 0.509 e. The summed E-state index contributed by atoms with van der Waals surface area (Å²) < 4.78 is 0. The molecule has 0 bridgehead atoms. The van der Waals surface area contributed by atoms with E-state index < -0.39 is 0 Å². The Hall–Kier alpha value is -2.30. The van der Waals surface area contributed by atoms with Crippen LogP contribution in [0.5, 0.6) is 5.75 Å². The molecule has 0 atom stereocenters. The molecule has 2 aromatic rings. The van der Waals surface area contributed by atoms with Gasteiger partial charge in [0.25, 0.3) is 0 Å². The van der Waals surface area contributed by atoms with Gasteiger partial charge >= 0.3 is 0 Å². The molecule has 0 unspecified atom stereocenters. The number of aromatic hydroxyl groups is 1. The Morgan fingerprint density at radius 2 is 1.91 bits per heavy atom. The number of benzene rings is 1. The summed E-state index contributed by atoms with van der Waals surface area (Å²) in [6.07, 6.45) is 3.36. The number of allylic oxidation sites excluding steroid dienone is 1. The van der Waals surface area contributed by atoms with Crippen molar-refractivity contribution in [2.75, 3.05) is 13.6 Å². The molecule has 1 aromatic heterocycles. The fourth-order valence-electron chi connectivity index (χ4n) is 2.26. The average molecular weight is 327 g/mol. The zero-order valence-corrected chi connectivity index (χ0v) is 14.0. The third-order valence-corrected chi connectivity index (χ3v) is 4.42. The van der Waals surface area contributed by atoms with Gasteiger partial charge in [-0.3, -0.25) is 4.90 Å². The second kappa shape index (κ2) is 7.81. The van der Waals surface area contributed by atoms with Crippen LogP contribution in [0.15, 0.2) is 73.0 Å². The van der Waals surface area contributed by atoms with Gasteiger partial charge in [0.1, 0.15) is 11.5 Å². The first-order valence-corrected chi connectivity index (χ1v) is 8.07. The lowest BCUT2D eigenvalue weighted by molar-refractivity contribution is 0.359. The van der Waals surface area contributed by atoms with Crippen LogP contribution in [0.1, 0.15) is 4.88 Å². The predicted molar refractivity (Wildman–Crippen MR) is 97.8 cm³/mol. The van der Waals surface area contributed by atoms with Crippen molar-refractivity contribution < 1.29 is 10.2 Å². The Labute approximate surface area is 141 Å². The van der Waals surface area contributed by atoms with Crippen LogP contribution in [0.25, 0.3) is 10.4 Å². The van der Waals surface area contributed by atoms with Crippen LogP contribution in [-0.4, -0.2) is 28.7 Å². The number of likely N-dealkylation sites (N-methyl/N-ethyl adjacent to an activating group) is 1. The van der Waals surface area contributed by atoms with Crippen molar-refractivity contribution in [1.82, 2.24) is 4.90 Å². The first kappa shape index (κ1) is 17.1. The van der Waals surface area contributed by atoms with Crippen molar-refractivity contribution in [2.45, 2.75) is 6.54 Å². The first-order chi connectivity index (χ1) is 11.0. The van der Waals surface area contributed by atoms with Crippen molar-refractivity contribution in [1.29, 1.82) is 0 Å². The van der Waals surface area contributed by atoms with Crippen LogP contribution in [0.4, 0.5) is 0 Å². The van der Waals surface area contributed by atoms with E-state index in [0.717, 1.165) is 17.7 Å². The van der Waals surface area contributed by atoms with Crippen LogP contribution < -0.4 is 0 Å². The highest BCUT2D eigenvalue weighted by Gasteiger charge is 2.07. The van der Waals surface area contributed by atoms with E-state index >= 15 is 0 Å². The molecule has 0 saturated carbocycles. The third kappa shape index (κ3) is 5.13. The minimum atomic E-state index is 0.0408. The molecule has 3 nitrogen and oxygen atoms in total. The lowest BCUT2D eigenvalue weighted by Gasteiger charge is -2.16. The van der Waals surface area contributed by atoms with E-state index in [1.54, 1.807) is 35.6 Å². The Balaban J connectivity index is 2.02. The van der Waals surface area contributed by atoms with Gasteiger partial charge in [0.2, 0.25) is 0 Å². The molecule has 1 heterocycles. The minimum Gasteiger partial charge on any atom is -0.509 e. The van der Waals surface area contributed by atoms with E-state index in [-0.39, 0.29) is 11.5 Å². The number of rotatable bonds is 7. The molecule has 0 aliphatic rings. The highest BCUT2D eigenvalue weighted by molar-refractivity contribution is 7.15. The molecule has 0 saturated heterocycles. The molecular weight excluding hydrogens is 306 g/mol. The Morgan fingerprint density at radius 1 is 1.22 bits per heavy atom. The van der Waals surface area contributed by atoms with E-state index in [4.69, 9.17) is 0 Å². The molecule has 0 amide bonds. The Kier molecular flexibility index (Phi) is 5.79. The summed E-state index contributed by atoms with van der Waals surface area (Å²) in [6.45, 7) is 8.74. The topological polar surface area (TPSA) is 43.7 Å². The number of aliphatic hydroxyl groups excluding tert-OH is 1. The molecular formula is C19H21NO2S. The van der Waals surface area contributed by atoms with Gasteiger partial charge < -0.3 is 10.2 Å². The zero-order chi connectivity index (χ0) is 16.8. The number of thiophene rings is 1. The molecule has 120 valence electrons. The van der Waals surface area contributed by atoms with E-state index in [2.05, 4.69) is 30.2 Å². The Morgan fingerprint density at radius 3 is 2.52 bits per heavy atom. The first-order valence-electron chi connectivity index (χ1n) is 7.25. The van der Waals surface area contributed by atoms with Crippen molar-refractivity contribution in [2.24, 2.45) is 0 Å². The molecule has 1 aromatic carbocycles. The van der Waals surface area contributed by atoms with Gasteiger partial charge in [-0.05, 0) is 60.7 Å². The van der Waals surface area contributed by atoms with Crippen LogP contribution in [0.2, 0.25) is 0 Å². The van der Waals surface area contributed by atoms with Gasteiger partial charge in [0, 0.05) is 22.8 Å². The smallest absolute Gasteiger partial charge is 0.115 e. The fraction of sp³-hybridized carbons (Fsp3) is 0.158. The molecule has 2 rings (SSSR count). The molecule has 0 spiro atoms. The predicted octanol–water partition coefficient (Wildman–Crippen LogP) is 4.74. The second-order valence-electron chi connectivity index (χ2n) is 5.40. The molecule has 23 heavy (non-hydrogen) atoms. The minimum absolute atomic E-state index is 0.0408. The number of hydrogen-bond acceptors (Lipinski definition) is 4. The zero-order valence-electron chi connectivity index (χ0n) is 13.2. The Bertz CT molecular complexity index is 713.